The van der Waals surface area contributed by atoms with Gasteiger partial charge in [-0.2, -0.15) is 10.5 Å². The summed E-state index contributed by atoms with van der Waals surface area (Å²) in [7, 11) is 3.95. The fraction of sp³-hybridized carbons (Fsp3) is 0.189. The normalized spacial score (nSPS) is 21.0. The van der Waals surface area contributed by atoms with Gasteiger partial charge in [-0.3, -0.25) is 0 Å². The zero-order valence-electron chi connectivity index (χ0n) is 25.7. The number of rotatable bonds is 6. The molecule has 0 amide bonds. The minimum Gasteiger partial charge on any atom is -0.497 e. The molecule has 4 aromatic carbocycles. The minimum absolute atomic E-state index is 0.00329. The van der Waals surface area contributed by atoms with Gasteiger partial charge >= 0.3 is 0 Å². The Morgan fingerprint density at radius 2 is 0.980 bits per heavy atom. The lowest BCUT2D eigenvalue weighted by Gasteiger charge is -2.29. The second kappa shape index (κ2) is 11.4. The minimum atomic E-state index is -4.72. The molecule has 6 nitrogen and oxygen atoms in total. The molecule has 246 valence electrons. The fourth-order valence-electron chi connectivity index (χ4n) is 6.69. The highest BCUT2D eigenvalue weighted by Crippen LogP contribution is 2.72. The van der Waals surface area contributed by atoms with Gasteiger partial charge < -0.3 is 18.3 Å². The molecule has 0 N–H and O–H groups in total. The Bertz CT molecular complexity index is 2170. The zero-order valence-corrected chi connectivity index (χ0v) is 26.9. The van der Waals surface area contributed by atoms with E-state index < -0.39 is 29.1 Å². The number of halogens is 5. The molecule has 0 radical (unpaired) electrons. The van der Waals surface area contributed by atoms with E-state index in [9.17, 15) is 10.5 Å². The molecule has 6 aromatic rings. The van der Waals surface area contributed by atoms with E-state index in [1.165, 1.54) is 74.9 Å². The largest absolute Gasteiger partial charge is 0.497 e. The van der Waals surface area contributed by atoms with E-state index >= 15 is 22.0 Å². The Hall–Kier alpha value is -5.38. The summed E-state index contributed by atoms with van der Waals surface area (Å²) in [6.07, 6.45) is 0. The van der Waals surface area contributed by atoms with E-state index in [0.29, 0.717) is 11.5 Å². The molecular formula is C37H24F5N2O4P. The summed E-state index contributed by atoms with van der Waals surface area (Å²) >= 11 is 0. The lowest BCUT2D eigenvalue weighted by molar-refractivity contribution is -0.157. The number of nitrogens with zero attached hydrogens (tertiary/aromatic N) is 2. The predicted molar refractivity (Wildman–Crippen MR) is 175 cm³/mol. The molecule has 1 aliphatic rings. The third kappa shape index (κ3) is 4.68. The number of alkyl halides is 5. The van der Waals surface area contributed by atoms with E-state index in [2.05, 4.69) is 0 Å². The highest BCUT2D eigenvalue weighted by atomic mass is 31.0. The summed E-state index contributed by atoms with van der Waals surface area (Å²) in [6.45, 7) is 0. The van der Waals surface area contributed by atoms with Crippen molar-refractivity contribution in [1.29, 1.82) is 10.5 Å². The Morgan fingerprint density at radius 3 is 1.31 bits per heavy atom. The van der Waals surface area contributed by atoms with Crippen LogP contribution in [-0.4, -0.2) is 31.5 Å². The molecule has 1 saturated carbocycles. The van der Waals surface area contributed by atoms with Crippen molar-refractivity contribution in [3.63, 3.8) is 0 Å². The van der Waals surface area contributed by atoms with Crippen molar-refractivity contribution in [3.8, 4) is 46.3 Å². The molecular weight excluding hydrogens is 662 g/mol. The molecule has 2 aromatic heterocycles. The van der Waals surface area contributed by atoms with E-state index in [-0.39, 0.29) is 66.8 Å². The van der Waals surface area contributed by atoms with E-state index in [0.717, 1.165) is 9.24 Å². The van der Waals surface area contributed by atoms with Crippen molar-refractivity contribution in [2.45, 2.75) is 29.1 Å². The molecule has 0 aliphatic heterocycles. The number of furan rings is 2. The Balaban J connectivity index is 1.59. The van der Waals surface area contributed by atoms with E-state index in [1.807, 2.05) is 12.1 Å². The highest BCUT2D eigenvalue weighted by Gasteiger charge is 2.82. The maximum absolute atomic E-state index is 16.8. The average molecular weight is 687 g/mol. The third-order valence-corrected chi connectivity index (χ3v) is 9.90. The van der Waals surface area contributed by atoms with Crippen LogP contribution in [0.25, 0.3) is 44.6 Å². The number of hydrogen-bond donors (Lipinski definition) is 0. The van der Waals surface area contributed by atoms with Crippen LogP contribution in [0.15, 0.2) is 93.8 Å². The van der Waals surface area contributed by atoms with Crippen molar-refractivity contribution in [1.82, 2.24) is 0 Å². The van der Waals surface area contributed by atoms with Crippen LogP contribution in [-0.2, 0) is 0 Å². The molecule has 0 saturated heterocycles. The maximum Gasteiger partial charge on any atom is 0.298 e. The van der Waals surface area contributed by atoms with Crippen LogP contribution in [0, 0.1) is 22.7 Å². The molecule has 0 spiro atoms. The van der Waals surface area contributed by atoms with Crippen LogP contribution in [0.3, 0.4) is 0 Å². The summed E-state index contributed by atoms with van der Waals surface area (Å²) in [5, 5.41) is 14.7. The van der Waals surface area contributed by atoms with Gasteiger partial charge in [0.2, 0.25) is 5.41 Å². The lowest BCUT2D eigenvalue weighted by atomic mass is 9.78. The first-order chi connectivity index (χ1) is 23.4. The molecule has 12 heteroatoms. The predicted octanol–water partition coefficient (Wildman–Crippen LogP) is 9.97. The molecule has 1 fully saturated rings. The number of fused-ring (bicyclic) bond motifs is 2. The summed E-state index contributed by atoms with van der Waals surface area (Å²) < 4.78 is 106. The van der Waals surface area contributed by atoms with Crippen molar-refractivity contribution < 1.29 is 40.3 Å². The topological polar surface area (TPSA) is 92.3 Å². The smallest absolute Gasteiger partial charge is 0.298 e. The third-order valence-electron chi connectivity index (χ3n) is 9.13. The first kappa shape index (κ1) is 32.2. The zero-order chi connectivity index (χ0) is 34.9. The van der Waals surface area contributed by atoms with Gasteiger partial charge in [-0.1, -0.05) is 9.24 Å². The van der Waals surface area contributed by atoms with Gasteiger partial charge in [0.15, 0.2) is 0 Å². The van der Waals surface area contributed by atoms with E-state index in [4.69, 9.17) is 18.3 Å². The summed E-state index contributed by atoms with van der Waals surface area (Å²) in [5.41, 5.74) is -0.0566. The second-order valence-corrected chi connectivity index (χ2v) is 12.5. The monoisotopic (exact) mass is 686 g/mol. The van der Waals surface area contributed by atoms with Gasteiger partial charge in [-0.25, -0.2) is 22.0 Å². The second-order valence-electron chi connectivity index (χ2n) is 11.7. The summed E-state index contributed by atoms with van der Waals surface area (Å²) in [6, 6.07) is 24.1. The van der Waals surface area contributed by atoms with Crippen molar-refractivity contribution in [3.05, 3.63) is 107 Å². The van der Waals surface area contributed by atoms with Gasteiger partial charge in [0.25, 0.3) is 11.8 Å². The quantitative estimate of drug-likeness (QED) is 0.128. The van der Waals surface area contributed by atoms with Crippen LogP contribution in [0.1, 0.15) is 34.1 Å². The fourth-order valence-corrected chi connectivity index (χ4v) is 7.05. The maximum atomic E-state index is 16.8. The molecule has 7 rings (SSSR count). The van der Waals surface area contributed by atoms with Crippen molar-refractivity contribution >= 4 is 31.2 Å². The van der Waals surface area contributed by atoms with Crippen LogP contribution >= 0.6 is 9.24 Å². The Labute approximate surface area is 278 Å². The van der Waals surface area contributed by atoms with Gasteiger partial charge in [0, 0.05) is 33.0 Å². The lowest BCUT2D eigenvalue weighted by Crippen LogP contribution is -2.46. The Kier molecular flexibility index (Phi) is 7.46. The number of hydrogen-bond acceptors (Lipinski definition) is 6. The number of methoxy groups -OCH3 is 2. The van der Waals surface area contributed by atoms with Crippen molar-refractivity contribution in [2.24, 2.45) is 0 Å². The highest BCUT2D eigenvalue weighted by molar-refractivity contribution is 7.19. The van der Waals surface area contributed by atoms with Gasteiger partial charge in [0.1, 0.15) is 34.2 Å². The molecule has 49 heavy (non-hydrogen) atoms. The van der Waals surface area contributed by atoms with Gasteiger partial charge in [0.05, 0.1) is 49.3 Å². The van der Waals surface area contributed by atoms with E-state index in [1.54, 1.807) is 24.3 Å². The first-order valence-corrected chi connectivity index (χ1v) is 15.4. The number of nitriles is 2. The van der Waals surface area contributed by atoms with Gasteiger partial charge in [-0.15, -0.1) is 0 Å². The molecule has 0 bridgehead atoms. The standard InChI is InChI=1S/C37H24F5N2O4P/c1-45-23-9-5-21(6-10-23)33-29(25-13-3-19(17-43)15-27(25)47-33)31-32(36(40,41)37(42,49)35(31,38)39)30-26-14-4-20(18-44)16-28(26)48-34(30)22-7-11-24(46-2)12-8-22/h3-16,31-32H,49H2,1-2H3. The van der Waals surface area contributed by atoms with Crippen LogP contribution < -0.4 is 9.47 Å². The number of benzene rings is 4. The molecule has 3 unspecified atom stereocenters. The van der Waals surface area contributed by atoms with Crippen LogP contribution in [0.2, 0.25) is 0 Å². The van der Waals surface area contributed by atoms with Crippen molar-refractivity contribution in [2.75, 3.05) is 14.2 Å². The summed E-state index contributed by atoms with van der Waals surface area (Å²) in [5.74, 6) is -14.0. The first-order valence-electron chi connectivity index (χ1n) is 14.8. The van der Waals surface area contributed by atoms with Gasteiger partial charge in [-0.05, 0) is 84.9 Å². The average Bonchev–Trinajstić information content (AvgIpc) is 3.70. The Morgan fingerprint density at radius 1 is 0.612 bits per heavy atom. The SMILES string of the molecule is COc1ccc(-c2oc3cc(C#N)ccc3c2C2C(c3c(-c4ccc(OC)cc4)oc4cc(C#N)ccc34)C(F)(F)C(F)(P)C2(F)F)cc1. The number of ether oxygens (including phenoxy) is 2. The van der Waals surface area contributed by atoms with Crippen LogP contribution in [0.4, 0.5) is 22.0 Å². The van der Waals surface area contributed by atoms with Crippen LogP contribution in [0.5, 0.6) is 11.5 Å². The summed E-state index contributed by atoms with van der Waals surface area (Å²) in [4.78, 5) is 0. The molecule has 1 aliphatic carbocycles. The molecule has 2 heterocycles. The molecule has 3 atom stereocenters.